The Balaban J connectivity index is 1.51. The highest BCUT2D eigenvalue weighted by atomic mass is 19.4. The van der Waals surface area contributed by atoms with Gasteiger partial charge in [-0.05, 0) is 60.4 Å². The van der Waals surface area contributed by atoms with Crippen molar-refractivity contribution in [1.82, 2.24) is 15.0 Å². The number of halogens is 3. The molecule has 30 heavy (non-hydrogen) atoms. The highest BCUT2D eigenvalue weighted by Gasteiger charge is 2.31. The SMILES string of the molecule is Cc1cc(C)nc(CN2Cc3cc(-c4ccc(OC(F)(F)F)cc4)ccc3C=N2)n1. The highest BCUT2D eigenvalue weighted by Crippen LogP contribution is 2.29. The molecule has 0 unspecified atom stereocenters. The number of hydrazone groups is 1. The zero-order valence-electron chi connectivity index (χ0n) is 16.4. The van der Waals surface area contributed by atoms with Crippen LogP contribution in [0.2, 0.25) is 0 Å². The van der Waals surface area contributed by atoms with Crippen molar-refractivity contribution in [1.29, 1.82) is 0 Å². The van der Waals surface area contributed by atoms with Crippen molar-refractivity contribution in [3.63, 3.8) is 0 Å². The molecule has 4 rings (SSSR count). The number of alkyl halides is 3. The molecular weight excluding hydrogens is 393 g/mol. The lowest BCUT2D eigenvalue weighted by Crippen LogP contribution is -2.23. The monoisotopic (exact) mass is 412 g/mol. The molecule has 1 aromatic heterocycles. The summed E-state index contributed by atoms with van der Waals surface area (Å²) < 4.78 is 41.0. The van der Waals surface area contributed by atoms with Gasteiger partial charge in [-0.3, -0.25) is 5.01 Å². The molecule has 0 atom stereocenters. The Morgan fingerprint density at radius 2 is 1.60 bits per heavy atom. The normalized spacial score (nSPS) is 13.3. The quantitative estimate of drug-likeness (QED) is 0.605. The van der Waals surface area contributed by atoms with Crippen LogP contribution in [0.1, 0.15) is 28.3 Å². The first-order chi connectivity index (χ1) is 14.2. The topological polar surface area (TPSA) is 50.6 Å². The lowest BCUT2D eigenvalue weighted by molar-refractivity contribution is -0.274. The molecule has 2 aromatic carbocycles. The molecule has 0 bridgehead atoms. The summed E-state index contributed by atoms with van der Waals surface area (Å²) in [5, 5.41) is 6.37. The van der Waals surface area contributed by atoms with Crippen molar-refractivity contribution in [3.05, 3.63) is 76.9 Å². The maximum atomic E-state index is 12.3. The molecule has 0 saturated heterocycles. The molecule has 8 heteroatoms. The number of aryl methyl sites for hydroxylation is 2. The van der Waals surface area contributed by atoms with Crippen molar-refractivity contribution in [2.24, 2.45) is 5.10 Å². The molecule has 0 saturated carbocycles. The van der Waals surface area contributed by atoms with Crippen LogP contribution in [0.3, 0.4) is 0 Å². The van der Waals surface area contributed by atoms with Crippen LogP contribution >= 0.6 is 0 Å². The maximum absolute atomic E-state index is 12.3. The first-order valence-corrected chi connectivity index (χ1v) is 9.34. The predicted molar refractivity (Wildman–Crippen MR) is 107 cm³/mol. The largest absolute Gasteiger partial charge is 0.573 e. The first-order valence-electron chi connectivity index (χ1n) is 9.34. The van der Waals surface area contributed by atoms with Crippen LogP contribution in [0.25, 0.3) is 11.1 Å². The Hall–Kier alpha value is -3.42. The van der Waals surface area contributed by atoms with Crippen LogP contribution in [0.4, 0.5) is 13.2 Å². The van der Waals surface area contributed by atoms with Gasteiger partial charge >= 0.3 is 6.36 Å². The van der Waals surface area contributed by atoms with Gasteiger partial charge in [-0.25, -0.2) is 9.97 Å². The lowest BCUT2D eigenvalue weighted by Gasteiger charge is -2.24. The lowest BCUT2D eigenvalue weighted by atomic mass is 9.98. The Morgan fingerprint density at radius 3 is 2.27 bits per heavy atom. The van der Waals surface area contributed by atoms with Gasteiger partial charge in [-0.2, -0.15) is 5.10 Å². The predicted octanol–water partition coefficient (Wildman–Crippen LogP) is 5.01. The van der Waals surface area contributed by atoms with Crippen LogP contribution < -0.4 is 4.74 Å². The fourth-order valence-corrected chi connectivity index (χ4v) is 3.41. The molecular formula is C22H19F3N4O. The molecule has 0 radical (unpaired) electrons. The van der Waals surface area contributed by atoms with E-state index in [4.69, 9.17) is 0 Å². The molecule has 2 heterocycles. The van der Waals surface area contributed by atoms with Crippen LogP contribution in [0, 0.1) is 13.8 Å². The third-order valence-corrected chi connectivity index (χ3v) is 4.63. The number of aromatic nitrogens is 2. The Bertz CT molecular complexity index is 1070. The number of hydrogen-bond acceptors (Lipinski definition) is 5. The van der Waals surface area contributed by atoms with Crippen molar-refractivity contribution >= 4 is 6.21 Å². The highest BCUT2D eigenvalue weighted by molar-refractivity contribution is 5.84. The van der Waals surface area contributed by atoms with E-state index in [0.29, 0.717) is 18.9 Å². The molecule has 1 aliphatic heterocycles. The summed E-state index contributed by atoms with van der Waals surface area (Å²) in [6.45, 7) is 4.95. The van der Waals surface area contributed by atoms with Gasteiger partial charge in [0.25, 0.3) is 0 Å². The van der Waals surface area contributed by atoms with Gasteiger partial charge in [-0.15, -0.1) is 13.2 Å². The van der Waals surface area contributed by atoms with Gasteiger partial charge in [0.15, 0.2) is 0 Å². The van der Waals surface area contributed by atoms with E-state index in [1.54, 1.807) is 18.3 Å². The van der Waals surface area contributed by atoms with Crippen LogP contribution in [-0.2, 0) is 13.1 Å². The Morgan fingerprint density at radius 1 is 0.933 bits per heavy atom. The van der Waals surface area contributed by atoms with E-state index in [0.717, 1.165) is 33.6 Å². The summed E-state index contributed by atoms with van der Waals surface area (Å²) in [7, 11) is 0. The van der Waals surface area contributed by atoms with Crippen molar-refractivity contribution in [3.8, 4) is 16.9 Å². The smallest absolute Gasteiger partial charge is 0.406 e. The average Bonchev–Trinajstić information content (AvgIpc) is 2.66. The molecule has 5 nitrogen and oxygen atoms in total. The van der Waals surface area contributed by atoms with Gasteiger partial charge in [-0.1, -0.05) is 24.3 Å². The average molecular weight is 412 g/mol. The van der Waals surface area contributed by atoms with E-state index in [1.165, 1.54) is 12.1 Å². The molecule has 154 valence electrons. The van der Waals surface area contributed by atoms with Gasteiger partial charge < -0.3 is 4.74 Å². The van der Waals surface area contributed by atoms with E-state index < -0.39 is 6.36 Å². The molecule has 3 aromatic rings. The number of benzene rings is 2. The second-order valence-corrected chi connectivity index (χ2v) is 7.12. The van der Waals surface area contributed by atoms with Gasteiger partial charge in [0.2, 0.25) is 0 Å². The summed E-state index contributed by atoms with van der Waals surface area (Å²) >= 11 is 0. The Kier molecular flexibility index (Phi) is 5.15. The van der Waals surface area contributed by atoms with E-state index in [9.17, 15) is 13.2 Å². The third-order valence-electron chi connectivity index (χ3n) is 4.63. The van der Waals surface area contributed by atoms with Crippen molar-refractivity contribution in [2.75, 3.05) is 0 Å². The van der Waals surface area contributed by atoms with Gasteiger partial charge in [0, 0.05) is 11.4 Å². The summed E-state index contributed by atoms with van der Waals surface area (Å²) in [5.74, 6) is 0.473. The standard InChI is InChI=1S/C22H19F3N4O/c1-14-9-15(2)28-21(27-14)13-29-12-19-10-17(3-4-18(19)11-26-29)16-5-7-20(8-6-16)30-22(23,24)25/h3-11H,12-13H2,1-2H3. The molecule has 0 amide bonds. The number of fused-ring (bicyclic) bond motifs is 1. The maximum Gasteiger partial charge on any atom is 0.573 e. The minimum absolute atomic E-state index is 0.240. The van der Waals surface area contributed by atoms with Crippen LogP contribution in [-0.4, -0.2) is 27.6 Å². The molecule has 0 N–H and O–H groups in total. The van der Waals surface area contributed by atoms with E-state index in [1.807, 2.05) is 43.1 Å². The third kappa shape index (κ3) is 4.76. The zero-order valence-corrected chi connectivity index (χ0v) is 16.4. The fourth-order valence-electron chi connectivity index (χ4n) is 3.41. The van der Waals surface area contributed by atoms with Crippen molar-refractivity contribution < 1.29 is 17.9 Å². The zero-order chi connectivity index (χ0) is 21.3. The number of nitrogens with zero attached hydrogens (tertiary/aromatic N) is 4. The summed E-state index contributed by atoms with van der Waals surface area (Å²) in [4.78, 5) is 8.93. The number of ether oxygens (including phenoxy) is 1. The van der Waals surface area contributed by atoms with E-state index in [-0.39, 0.29) is 5.75 Å². The minimum atomic E-state index is -4.70. The molecule has 0 fully saturated rings. The van der Waals surface area contributed by atoms with E-state index >= 15 is 0 Å². The van der Waals surface area contributed by atoms with Crippen LogP contribution in [0.5, 0.6) is 5.75 Å². The second kappa shape index (κ2) is 7.78. The van der Waals surface area contributed by atoms with Gasteiger partial charge in [0.1, 0.15) is 11.6 Å². The van der Waals surface area contributed by atoms with Crippen molar-refractivity contribution in [2.45, 2.75) is 33.3 Å². The van der Waals surface area contributed by atoms with Gasteiger partial charge in [0.05, 0.1) is 19.3 Å². The summed E-state index contributed by atoms with van der Waals surface area (Å²) in [6, 6.07) is 13.7. The summed E-state index contributed by atoms with van der Waals surface area (Å²) in [5.41, 5.74) is 5.62. The number of hydrogen-bond donors (Lipinski definition) is 0. The van der Waals surface area contributed by atoms with E-state index in [2.05, 4.69) is 19.8 Å². The first kappa shape index (κ1) is 19.9. The Labute approximate surface area is 171 Å². The second-order valence-electron chi connectivity index (χ2n) is 7.12. The molecule has 0 aliphatic carbocycles. The molecule has 0 spiro atoms. The molecule has 1 aliphatic rings. The number of rotatable bonds is 4. The minimum Gasteiger partial charge on any atom is -0.406 e. The fraction of sp³-hybridized carbons (Fsp3) is 0.227. The summed E-state index contributed by atoms with van der Waals surface area (Å²) in [6.07, 6.45) is -2.90. The van der Waals surface area contributed by atoms with Crippen LogP contribution in [0.15, 0.2) is 53.6 Å².